The van der Waals surface area contributed by atoms with E-state index in [-0.39, 0.29) is 0 Å². The molecule has 3 heterocycles. The van der Waals surface area contributed by atoms with E-state index < -0.39 is 5.97 Å². The Labute approximate surface area is 213 Å². The summed E-state index contributed by atoms with van der Waals surface area (Å²) in [4.78, 5) is 23.2. The summed E-state index contributed by atoms with van der Waals surface area (Å²) in [6.45, 7) is 3.96. The average molecular weight is 491 g/mol. The molecule has 0 bridgehead atoms. The number of aryl methyl sites for hydroxylation is 1. The molecule has 6 rings (SSSR count). The summed E-state index contributed by atoms with van der Waals surface area (Å²) < 4.78 is 15.6. The van der Waals surface area contributed by atoms with E-state index in [1.807, 2.05) is 90.5 Å². The fraction of sp³-hybridized carbons (Fsp3) is 0.167. The molecule has 0 fully saturated rings. The second-order valence-electron chi connectivity index (χ2n) is 8.75. The van der Waals surface area contributed by atoms with Crippen LogP contribution in [0.3, 0.4) is 0 Å². The number of rotatable bonds is 8. The number of carbonyl (C=O) groups is 1. The maximum atomic E-state index is 13.1. The molecular formula is C30H26N4O3. The van der Waals surface area contributed by atoms with Gasteiger partial charge < -0.3 is 14.0 Å². The third-order valence-electron chi connectivity index (χ3n) is 6.36. The van der Waals surface area contributed by atoms with E-state index >= 15 is 0 Å². The van der Waals surface area contributed by atoms with Gasteiger partial charge in [-0.1, -0.05) is 60.7 Å². The van der Waals surface area contributed by atoms with Gasteiger partial charge in [0.1, 0.15) is 16.9 Å². The minimum Gasteiger partial charge on any atom is -0.420 e. The number of nitrogens with zero attached hydrogens (tertiary/aromatic N) is 4. The molecule has 184 valence electrons. The van der Waals surface area contributed by atoms with Gasteiger partial charge in [0.05, 0.1) is 16.6 Å². The van der Waals surface area contributed by atoms with Crippen molar-refractivity contribution in [2.45, 2.75) is 19.9 Å². The van der Waals surface area contributed by atoms with Crippen LogP contribution in [0.2, 0.25) is 0 Å². The van der Waals surface area contributed by atoms with Crippen LogP contribution in [-0.2, 0) is 11.3 Å². The topological polar surface area (TPSA) is 70.7 Å². The maximum absolute atomic E-state index is 13.1. The molecule has 3 aromatic carbocycles. The lowest BCUT2D eigenvalue weighted by Crippen LogP contribution is -2.08. The molecule has 0 aliphatic heterocycles. The number of aromatic nitrogens is 4. The smallest absolute Gasteiger partial charge is 0.343 e. The molecule has 0 aliphatic carbocycles. The second kappa shape index (κ2) is 9.87. The Kier molecular flexibility index (Phi) is 6.12. The Morgan fingerprint density at radius 2 is 1.59 bits per heavy atom. The maximum Gasteiger partial charge on any atom is 0.343 e. The molecule has 0 unspecified atom stereocenters. The van der Waals surface area contributed by atoms with Crippen LogP contribution in [0.1, 0.15) is 23.7 Å². The molecule has 6 aromatic rings. The molecule has 0 N–H and O–H groups in total. The summed E-state index contributed by atoms with van der Waals surface area (Å²) >= 11 is 0. The largest absolute Gasteiger partial charge is 0.420 e. The van der Waals surface area contributed by atoms with Gasteiger partial charge in [-0.2, -0.15) is 0 Å². The molecule has 0 radical (unpaired) electrons. The summed E-state index contributed by atoms with van der Waals surface area (Å²) in [6, 6.07) is 27.1. The Hall–Kier alpha value is -4.49. The number of fused-ring (bicyclic) bond motifs is 5. The monoisotopic (exact) mass is 490 g/mol. The van der Waals surface area contributed by atoms with Crippen molar-refractivity contribution < 1.29 is 14.3 Å². The highest BCUT2D eigenvalue weighted by atomic mass is 16.5. The van der Waals surface area contributed by atoms with Crippen LogP contribution >= 0.6 is 0 Å². The molecule has 37 heavy (non-hydrogen) atoms. The number of hydrogen-bond acceptors (Lipinski definition) is 5. The number of benzene rings is 3. The molecule has 3 aromatic heterocycles. The van der Waals surface area contributed by atoms with E-state index in [0.29, 0.717) is 47.8 Å². The van der Waals surface area contributed by atoms with Gasteiger partial charge in [0.25, 0.3) is 0 Å². The minimum atomic E-state index is -0.421. The summed E-state index contributed by atoms with van der Waals surface area (Å²) in [5.41, 5.74) is 4.66. The van der Waals surface area contributed by atoms with Gasteiger partial charge in [-0.15, -0.1) is 0 Å². The molecule has 0 spiro atoms. The Balaban J connectivity index is 1.60. The SMILES string of the molecule is CCOCCCn1cc(OC(=O)c2ccccc2)c2c1nc(-c1ccccc1)n1c3ccccc3nc21. The normalized spacial score (nSPS) is 11.5. The van der Waals surface area contributed by atoms with E-state index in [1.54, 1.807) is 12.1 Å². The zero-order chi connectivity index (χ0) is 25.2. The van der Waals surface area contributed by atoms with Crippen molar-refractivity contribution in [3.8, 4) is 17.1 Å². The van der Waals surface area contributed by atoms with Gasteiger partial charge in [-0.05, 0) is 37.6 Å². The van der Waals surface area contributed by atoms with Crippen LogP contribution in [0.15, 0.2) is 91.1 Å². The second-order valence-corrected chi connectivity index (χ2v) is 8.75. The molecule has 7 nitrogen and oxygen atoms in total. The lowest BCUT2D eigenvalue weighted by molar-refractivity contribution is 0.0736. The fourth-order valence-electron chi connectivity index (χ4n) is 4.65. The number of imidazole rings is 1. The van der Waals surface area contributed by atoms with E-state index in [9.17, 15) is 4.79 Å². The fourth-order valence-corrected chi connectivity index (χ4v) is 4.65. The highest BCUT2D eigenvalue weighted by Gasteiger charge is 2.23. The molecule has 0 amide bonds. The van der Waals surface area contributed by atoms with Crippen LogP contribution in [-0.4, -0.2) is 38.1 Å². The van der Waals surface area contributed by atoms with Crippen LogP contribution in [0, 0.1) is 0 Å². The first-order valence-electron chi connectivity index (χ1n) is 12.4. The van der Waals surface area contributed by atoms with Crippen molar-refractivity contribution in [3.05, 3.63) is 96.7 Å². The van der Waals surface area contributed by atoms with Gasteiger partial charge in [-0.25, -0.2) is 14.8 Å². The van der Waals surface area contributed by atoms with Crippen LogP contribution < -0.4 is 4.74 Å². The molecule has 0 aliphatic rings. The van der Waals surface area contributed by atoms with E-state index in [1.165, 1.54) is 0 Å². The lowest BCUT2D eigenvalue weighted by atomic mass is 10.2. The van der Waals surface area contributed by atoms with E-state index in [4.69, 9.17) is 19.4 Å². The third kappa shape index (κ3) is 4.23. The zero-order valence-corrected chi connectivity index (χ0v) is 20.5. The number of hydrogen-bond donors (Lipinski definition) is 0. The lowest BCUT2D eigenvalue weighted by Gasteiger charge is -2.10. The Bertz CT molecular complexity index is 1710. The van der Waals surface area contributed by atoms with Crippen molar-refractivity contribution in [3.63, 3.8) is 0 Å². The Morgan fingerprint density at radius 3 is 2.38 bits per heavy atom. The predicted octanol–water partition coefficient (Wildman–Crippen LogP) is 6.15. The van der Waals surface area contributed by atoms with Gasteiger partial charge >= 0.3 is 5.97 Å². The predicted molar refractivity (Wildman–Crippen MR) is 144 cm³/mol. The van der Waals surface area contributed by atoms with E-state index in [0.717, 1.165) is 28.8 Å². The summed E-state index contributed by atoms with van der Waals surface area (Å²) in [6.07, 6.45) is 2.66. The number of carbonyl (C=O) groups excluding carboxylic acids is 1. The quantitative estimate of drug-likeness (QED) is 0.189. The van der Waals surface area contributed by atoms with E-state index in [2.05, 4.69) is 4.40 Å². The van der Waals surface area contributed by atoms with Crippen molar-refractivity contribution in [1.82, 2.24) is 18.9 Å². The van der Waals surface area contributed by atoms with Crippen molar-refractivity contribution in [2.24, 2.45) is 0 Å². The molecule has 7 heteroatoms. The number of ether oxygens (including phenoxy) is 2. The summed E-state index contributed by atoms with van der Waals surface area (Å²) in [5.74, 6) is 0.796. The van der Waals surface area contributed by atoms with Crippen molar-refractivity contribution >= 4 is 33.7 Å². The van der Waals surface area contributed by atoms with Gasteiger partial charge in [0, 0.05) is 31.5 Å². The minimum absolute atomic E-state index is 0.421. The van der Waals surface area contributed by atoms with Crippen LogP contribution in [0.4, 0.5) is 0 Å². The molecule has 0 saturated carbocycles. The highest BCUT2D eigenvalue weighted by Crippen LogP contribution is 2.36. The highest BCUT2D eigenvalue weighted by molar-refractivity contribution is 6.03. The van der Waals surface area contributed by atoms with Gasteiger partial charge in [0.15, 0.2) is 11.4 Å². The first kappa shape index (κ1) is 22.9. The summed E-state index contributed by atoms with van der Waals surface area (Å²) in [5, 5.41) is 0.705. The zero-order valence-electron chi connectivity index (χ0n) is 20.5. The van der Waals surface area contributed by atoms with Gasteiger partial charge in [0.2, 0.25) is 0 Å². The third-order valence-corrected chi connectivity index (χ3v) is 6.36. The van der Waals surface area contributed by atoms with Crippen LogP contribution in [0.25, 0.3) is 39.1 Å². The Morgan fingerprint density at radius 1 is 0.865 bits per heavy atom. The molecule has 0 saturated heterocycles. The molecule has 0 atom stereocenters. The number of esters is 1. The first-order chi connectivity index (χ1) is 18.2. The standard InChI is InChI=1S/C30H26N4O3/c1-2-36-19-11-18-33-20-25(37-30(35)22-14-7-4-8-15-22)26-28(33)32-27(21-12-5-3-6-13-21)34-24-17-10-9-16-23(24)31-29(26)34/h3-10,12-17,20H,2,11,18-19H2,1H3. The molecular weight excluding hydrogens is 464 g/mol. The van der Waals surface area contributed by atoms with Crippen LogP contribution in [0.5, 0.6) is 5.75 Å². The summed E-state index contributed by atoms with van der Waals surface area (Å²) in [7, 11) is 0. The van der Waals surface area contributed by atoms with Crippen molar-refractivity contribution in [1.29, 1.82) is 0 Å². The average Bonchev–Trinajstić information content (AvgIpc) is 3.50. The first-order valence-corrected chi connectivity index (χ1v) is 12.4. The van der Waals surface area contributed by atoms with Crippen molar-refractivity contribution in [2.75, 3.05) is 13.2 Å². The van der Waals surface area contributed by atoms with Gasteiger partial charge in [-0.3, -0.25) is 4.40 Å². The number of para-hydroxylation sites is 2.